The van der Waals surface area contributed by atoms with Gasteiger partial charge in [0.1, 0.15) is 5.70 Å². The van der Waals surface area contributed by atoms with E-state index in [0.717, 1.165) is 0 Å². The molecule has 1 aliphatic carbocycles. The van der Waals surface area contributed by atoms with Crippen molar-refractivity contribution in [2.45, 2.75) is 0 Å². The average Bonchev–Trinajstić information content (AvgIpc) is 1.93. The van der Waals surface area contributed by atoms with Crippen molar-refractivity contribution in [1.29, 1.82) is 5.41 Å². The molecule has 0 heterocycles. The molecule has 0 unspecified atom stereocenters. The number of allylic oxidation sites excluding steroid dienone is 2. The van der Waals surface area contributed by atoms with E-state index in [0.29, 0.717) is 0 Å². The topological polar surface area (TPSA) is 93.0 Å². The van der Waals surface area contributed by atoms with E-state index in [1.54, 1.807) is 0 Å². The van der Waals surface area contributed by atoms with Gasteiger partial charge in [0, 0.05) is 0 Å². The minimum Gasteiger partial charge on any atom is -0.395 e. The first-order chi connectivity index (χ1) is 4.63. The van der Waals surface area contributed by atoms with Crippen molar-refractivity contribution in [3.63, 3.8) is 0 Å². The maximum Gasteiger partial charge on any atom is 0.203 e. The lowest BCUT2D eigenvalue weighted by Gasteiger charge is -2.06. The van der Waals surface area contributed by atoms with Gasteiger partial charge in [0.05, 0.1) is 11.4 Å². The highest BCUT2D eigenvalue weighted by atomic mass is 16.1. The van der Waals surface area contributed by atoms with E-state index in [4.69, 9.17) is 16.9 Å². The summed E-state index contributed by atoms with van der Waals surface area (Å²) in [6.07, 6.45) is 2.56. The molecule has 0 aromatic carbocycles. The minimum absolute atomic E-state index is 0.0347. The van der Waals surface area contributed by atoms with E-state index in [-0.39, 0.29) is 22.9 Å². The van der Waals surface area contributed by atoms with Crippen LogP contribution < -0.4 is 11.5 Å². The Hall–Kier alpha value is -1.58. The molecule has 0 bridgehead atoms. The molecule has 0 saturated carbocycles. The normalized spacial score (nSPS) is 18.4. The van der Waals surface area contributed by atoms with Gasteiger partial charge in [-0.3, -0.25) is 10.2 Å². The first-order valence-corrected chi connectivity index (χ1v) is 2.69. The van der Waals surface area contributed by atoms with E-state index in [9.17, 15) is 4.79 Å². The van der Waals surface area contributed by atoms with Crippen molar-refractivity contribution in [2.75, 3.05) is 0 Å². The maximum atomic E-state index is 10.7. The molecular weight excluding hydrogens is 130 g/mol. The molecular formula is C6H7N3O. The van der Waals surface area contributed by atoms with Gasteiger partial charge in [-0.05, 0) is 12.2 Å². The average molecular weight is 137 g/mol. The second-order valence-corrected chi connectivity index (χ2v) is 1.94. The number of nitrogens with two attached hydrogens (primary N) is 2. The van der Waals surface area contributed by atoms with Crippen LogP contribution in [-0.2, 0) is 4.79 Å². The predicted molar refractivity (Wildman–Crippen MR) is 37.3 cm³/mol. The Kier molecular flexibility index (Phi) is 1.30. The lowest BCUT2D eigenvalue weighted by atomic mass is 10.1. The van der Waals surface area contributed by atoms with Crippen molar-refractivity contribution < 1.29 is 4.79 Å². The van der Waals surface area contributed by atoms with E-state index >= 15 is 0 Å². The van der Waals surface area contributed by atoms with Crippen LogP contribution in [0.15, 0.2) is 23.5 Å². The summed E-state index contributed by atoms with van der Waals surface area (Å²) in [5.74, 6) is -0.325. The van der Waals surface area contributed by atoms with E-state index in [1.807, 2.05) is 0 Å². The van der Waals surface area contributed by atoms with Crippen LogP contribution in [0.3, 0.4) is 0 Å². The summed E-state index contributed by atoms with van der Waals surface area (Å²) in [6.45, 7) is 0. The minimum atomic E-state index is -0.325. The van der Waals surface area contributed by atoms with Crippen molar-refractivity contribution >= 4 is 11.5 Å². The van der Waals surface area contributed by atoms with Crippen LogP contribution in [0.4, 0.5) is 0 Å². The van der Waals surface area contributed by atoms with Gasteiger partial charge in [0.25, 0.3) is 0 Å². The molecule has 52 valence electrons. The highest BCUT2D eigenvalue weighted by Gasteiger charge is 2.13. The predicted octanol–water partition coefficient (Wildman–Crippen LogP) is -0.726. The SMILES string of the molecule is N=C1C=CC(=O)C(N)=C1N. The number of hydrogen-bond donors (Lipinski definition) is 3. The Morgan fingerprint density at radius 2 is 1.80 bits per heavy atom. The first kappa shape index (κ1) is 6.54. The largest absolute Gasteiger partial charge is 0.395 e. The van der Waals surface area contributed by atoms with Crippen LogP contribution in [0.5, 0.6) is 0 Å². The molecule has 10 heavy (non-hydrogen) atoms. The molecule has 1 aliphatic rings. The van der Waals surface area contributed by atoms with Gasteiger partial charge in [0.15, 0.2) is 0 Å². The van der Waals surface area contributed by atoms with Crippen molar-refractivity contribution in [2.24, 2.45) is 11.5 Å². The van der Waals surface area contributed by atoms with Crippen molar-refractivity contribution in [3.05, 3.63) is 23.5 Å². The number of nitrogens with one attached hydrogen (secondary N) is 1. The molecule has 0 aliphatic heterocycles. The van der Waals surface area contributed by atoms with Gasteiger partial charge in [-0.15, -0.1) is 0 Å². The molecule has 0 radical (unpaired) electrons. The van der Waals surface area contributed by atoms with Gasteiger partial charge in [-0.25, -0.2) is 0 Å². The zero-order chi connectivity index (χ0) is 7.72. The van der Waals surface area contributed by atoms with E-state index in [1.165, 1.54) is 12.2 Å². The van der Waals surface area contributed by atoms with Crippen molar-refractivity contribution in [1.82, 2.24) is 0 Å². The fourth-order valence-corrected chi connectivity index (χ4v) is 0.616. The van der Waals surface area contributed by atoms with Crippen molar-refractivity contribution in [3.8, 4) is 0 Å². The lowest BCUT2D eigenvalue weighted by molar-refractivity contribution is -0.111. The summed E-state index contributed by atoms with van der Waals surface area (Å²) in [7, 11) is 0. The quantitative estimate of drug-likeness (QED) is 0.384. The van der Waals surface area contributed by atoms with Gasteiger partial charge >= 0.3 is 0 Å². The first-order valence-electron chi connectivity index (χ1n) is 2.69. The van der Waals surface area contributed by atoms with Crippen LogP contribution in [-0.4, -0.2) is 11.5 Å². The Morgan fingerprint density at radius 1 is 1.20 bits per heavy atom. The van der Waals surface area contributed by atoms with Crippen LogP contribution in [0.25, 0.3) is 0 Å². The fraction of sp³-hybridized carbons (Fsp3) is 0. The molecule has 0 saturated heterocycles. The zero-order valence-electron chi connectivity index (χ0n) is 5.22. The summed E-state index contributed by atoms with van der Waals surface area (Å²) >= 11 is 0. The molecule has 4 heteroatoms. The third-order valence-corrected chi connectivity index (χ3v) is 1.25. The third kappa shape index (κ3) is 0.793. The van der Waals surface area contributed by atoms with Gasteiger partial charge < -0.3 is 11.5 Å². The van der Waals surface area contributed by atoms with Crippen LogP contribution in [0, 0.1) is 5.41 Å². The second-order valence-electron chi connectivity index (χ2n) is 1.94. The Morgan fingerprint density at radius 3 is 2.30 bits per heavy atom. The Labute approximate surface area is 57.7 Å². The van der Waals surface area contributed by atoms with Gasteiger partial charge in [0.2, 0.25) is 5.78 Å². The zero-order valence-corrected chi connectivity index (χ0v) is 5.22. The summed E-state index contributed by atoms with van der Waals surface area (Å²) in [5.41, 5.74) is 10.6. The summed E-state index contributed by atoms with van der Waals surface area (Å²) in [5, 5.41) is 7.11. The molecule has 4 nitrogen and oxygen atoms in total. The Balaban J connectivity index is 3.12. The molecule has 0 atom stereocenters. The van der Waals surface area contributed by atoms with Gasteiger partial charge in [-0.2, -0.15) is 0 Å². The van der Waals surface area contributed by atoms with Crippen LogP contribution >= 0.6 is 0 Å². The number of hydrogen-bond acceptors (Lipinski definition) is 4. The molecule has 1 rings (SSSR count). The number of carbonyl (C=O) groups excluding carboxylic acids is 1. The summed E-state index contributed by atoms with van der Waals surface area (Å²) < 4.78 is 0. The summed E-state index contributed by atoms with van der Waals surface area (Å²) in [6, 6.07) is 0. The molecule has 0 amide bonds. The maximum absolute atomic E-state index is 10.7. The molecule has 5 N–H and O–H groups in total. The van der Waals surface area contributed by atoms with E-state index in [2.05, 4.69) is 0 Å². The third-order valence-electron chi connectivity index (χ3n) is 1.25. The molecule has 0 aromatic heterocycles. The standard InChI is InChI=1S/C6H7N3O/c7-3-1-2-4(10)6(9)5(3)8/h1-2,7H,8-9H2. The number of ketones is 1. The van der Waals surface area contributed by atoms with Gasteiger partial charge in [-0.1, -0.05) is 0 Å². The smallest absolute Gasteiger partial charge is 0.203 e. The monoisotopic (exact) mass is 137 g/mol. The molecule has 0 aromatic rings. The fourth-order valence-electron chi connectivity index (χ4n) is 0.616. The lowest BCUT2D eigenvalue weighted by Crippen LogP contribution is -2.24. The summed E-state index contributed by atoms with van der Waals surface area (Å²) in [4.78, 5) is 10.7. The highest BCUT2D eigenvalue weighted by molar-refractivity contribution is 6.20. The number of rotatable bonds is 0. The molecule has 0 fully saturated rings. The second kappa shape index (κ2) is 1.98. The molecule has 0 spiro atoms. The highest BCUT2D eigenvalue weighted by Crippen LogP contribution is 2.03. The Bertz CT molecular complexity index is 236. The van der Waals surface area contributed by atoms with Crippen LogP contribution in [0.2, 0.25) is 0 Å². The number of carbonyl (C=O) groups is 1. The van der Waals surface area contributed by atoms with Crippen LogP contribution in [0.1, 0.15) is 0 Å². The van der Waals surface area contributed by atoms with E-state index < -0.39 is 0 Å².